The van der Waals surface area contributed by atoms with E-state index < -0.39 is 6.04 Å². The van der Waals surface area contributed by atoms with Gasteiger partial charge >= 0.3 is 0 Å². The fourth-order valence-corrected chi connectivity index (χ4v) is 3.10. The first-order chi connectivity index (χ1) is 6.72. The van der Waals surface area contributed by atoms with E-state index in [1.54, 1.807) is 0 Å². The molecule has 2 heteroatoms. The second kappa shape index (κ2) is 3.74. The fraction of sp³-hybridized carbons (Fsp3) is 0.750. The molecule has 2 nitrogen and oxygen atoms in total. The Kier molecular flexibility index (Phi) is 2.60. The number of fused-ring (bicyclic) bond motifs is 2. The van der Waals surface area contributed by atoms with E-state index in [-0.39, 0.29) is 11.7 Å². The van der Waals surface area contributed by atoms with Crippen LogP contribution in [0.25, 0.3) is 0 Å². The van der Waals surface area contributed by atoms with Crippen molar-refractivity contribution in [2.45, 2.75) is 38.1 Å². The number of carbonyl (C=O) groups is 1. The van der Waals surface area contributed by atoms with Crippen LogP contribution in [0.5, 0.6) is 0 Å². The minimum atomic E-state index is -0.413. The van der Waals surface area contributed by atoms with Crippen molar-refractivity contribution < 1.29 is 4.79 Å². The Labute approximate surface area is 85.2 Å². The standard InChI is InChI=1S/C12H17NO/c1-2-3-11(13)12(14)10-7-8-4-5-9(10)6-8/h1,8-11H,3-7,13H2. The summed E-state index contributed by atoms with van der Waals surface area (Å²) in [6, 6.07) is -0.413. The molecular weight excluding hydrogens is 174 g/mol. The van der Waals surface area contributed by atoms with Gasteiger partial charge < -0.3 is 5.73 Å². The van der Waals surface area contributed by atoms with Crippen LogP contribution in [-0.2, 0) is 4.79 Å². The van der Waals surface area contributed by atoms with Gasteiger partial charge in [-0.25, -0.2) is 0 Å². The molecule has 0 aromatic carbocycles. The quantitative estimate of drug-likeness (QED) is 0.684. The Morgan fingerprint density at radius 3 is 2.79 bits per heavy atom. The third-order valence-electron chi connectivity index (χ3n) is 3.81. The molecule has 0 radical (unpaired) electrons. The van der Waals surface area contributed by atoms with Gasteiger partial charge in [-0.2, -0.15) is 0 Å². The Hall–Kier alpha value is -0.810. The number of rotatable bonds is 3. The molecule has 0 aliphatic heterocycles. The predicted octanol–water partition coefficient (Wildman–Crippen LogP) is 1.34. The van der Waals surface area contributed by atoms with E-state index in [4.69, 9.17) is 12.2 Å². The Bertz CT molecular complexity index is 279. The Balaban J connectivity index is 1.96. The van der Waals surface area contributed by atoms with Crippen molar-refractivity contribution in [2.24, 2.45) is 23.5 Å². The average molecular weight is 191 g/mol. The SMILES string of the molecule is C#CCC(N)C(=O)C1CC2CCC1C2. The molecule has 2 N–H and O–H groups in total. The summed E-state index contributed by atoms with van der Waals surface area (Å²) in [4.78, 5) is 11.9. The number of carbonyl (C=O) groups excluding carboxylic acids is 1. The summed E-state index contributed by atoms with van der Waals surface area (Å²) in [5.41, 5.74) is 5.75. The minimum Gasteiger partial charge on any atom is -0.321 e. The Morgan fingerprint density at radius 2 is 2.29 bits per heavy atom. The van der Waals surface area contributed by atoms with Crippen molar-refractivity contribution in [3.8, 4) is 12.3 Å². The summed E-state index contributed by atoms with van der Waals surface area (Å²) in [5.74, 6) is 4.34. The summed E-state index contributed by atoms with van der Waals surface area (Å²) in [6.45, 7) is 0. The van der Waals surface area contributed by atoms with Crippen LogP contribution in [0.3, 0.4) is 0 Å². The lowest BCUT2D eigenvalue weighted by Crippen LogP contribution is -2.37. The number of nitrogens with two attached hydrogens (primary N) is 1. The maximum absolute atomic E-state index is 11.9. The Morgan fingerprint density at radius 1 is 1.50 bits per heavy atom. The van der Waals surface area contributed by atoms with E-state index in [1.807, 2.05) is 0 Å². The van der Waals surface area contributed by atoms with E-state index in [0.29, 0.717) is 12.3 Å². The second-order valence-corrected chi connectivity index (χ2v) is 4.70. The summed E-state index contributed by atoms with van der Waals surface area (Å²) >= 11 is 0. The zero-order chi connectivity index (χ0) is 10.1. The van der Waals surface area contributed by atoms with Gasteiger partial charge in [0.1, 0.15) is 0 Å². The van der Waals surface area contributed by atoms with Crippen LogP contribution < -0.4 is 5.73 Å². The van der Waals surface area contributed by atoms with Crippen molar-refractivity contribution >= 4 is 5.78 Å². The topological polar surface area (TPSA) is 43.1 Å². The normalized spacial score (nSPS) is 36.7. The lowest BCUT2D eigenvalue weighted by Gasteiger charge is -2.22. The highest BCUT2D eigenvalue weighted by Crippen LogP contribution is 2.48. The monoisotopic (exact) mass is 191 g/mol. The van der Waals surface area contributed by atoms with Gasteiger partial charge in [0.25, 0.3) is 0 Å². The highest BCUT2D eigenvalue weighted by atomic mass is 16.1. The highest BCUT2D eigenvalue weighted by molar-refractivity contribution is 5.87. The van der Waals surface area contributed by atoms with Crippen LogP contribution in [-0.4, -0.2) is 11.8 Å². The maximum Gasteiger partial charge on any atom is 0.153 e. The van der Waals surface area contributed by atoms with Crippen LogP contribution in [0, 0.1) is 30.1 Å². The summed E-state index contributed by atoms with van der Waals surface area (Å²) in [7, 11) is 0. The van der Waals surface area contributed by atoms with Crippen molar-refractivity contribution in [1.82, 2.24) is 0 Å². The zero-order valence-corrected chi connectivity index (χ0v) is 8.41. The van der Waals surface area contributed by atoms with Crippen molar-refractivity contribution in [3.63, 3.8) is 0 Å². The molecule has 2 aliphatic carbocycles. The molecule has 2 rings (SSSR count). The molecule has 0 aromatic heterocycles. The van der Waals surface area contributed by atoms with Gasteiger partial charge in [-0.15, -0.1) is 12.3 Å². The first-order valence-corrected chi connectivity index (χ1v) is 5.45. The molecule has 0 spiro atoms. The highest BCUT2D eigenvalue weighted by Gasteiger charge is 2.43. The van der Waals surface area contributed by atoms with Gasteiger partial charge in [-0.05, 0) is 31.1 Å². The van der Waals surface area contributed by atoms with Crippen molar-refractivity contribution in [1.29, 1.82) is 0 Å². The van der Waals surface area contributed by atoms with Crippen LogP contribution in [0.4, 0.5) is 0 Å². The molecule has 76 valence electrons. The first kappa shape index (κ1) is 9.73. The van der Waals surface area contributed by atoms with E-state index in [0.717, 1.165) is 12.3 Å². The molecule has 0 amide bonds. The molecule has 2 saturated carbocycles. The number of hydrogen-bond acceptors (Lipinski definition) is 2. The van der Waals surface area contributed by atoms with Gasteiger partial charge in [0, 0.05) is 12.3 Å². The van der Waals surface area contributed by atoms with E-state index >= 15 is 0 Å². The fourth-order valence-electron chi connectivity index (χ4n) is 3.10. The van der Waals surface area contributed by atoms with Gasteiger partial charge in [0.05, 0.1) is 6.04 Å². The number of Topliss-reactive ketones (excluding diaryl/α,β-unsaturated/α-hetero) is 1. The van der Waals surface area contributed by atoms with E-state index in [2.05, 4.69) is 5.92 Å². The molecule has 4 unspecified atom stereocenters. The van der Waals surface area contributed by atoms with Gasteiger partial charge in [0.15, 0.2) is 5.78 Å². The molecule has 0 aromatic rings. The third-order valence-corrected chi connectivity index (χ3v) is 3.81. The van der Waals surface area contributed by atoms with Crippen LogP contribution in [0.15, 0.2) is 0 Å². The summed E-state index contributed by atoms with van der Waals surface area (Å²) in [5, 5.41) is 0. The van der Waals surface area contributed by atoms with Crippen LogP contribution in [0.2, 0.25) is 0 Å². The third kappa shape index (κ3) is 1.57. The zero-order valence-electron chi connectivity index (χ0n) is 8.41. The van der Waals surface area contributed by atoms with E-state index in [9.17, 15) is 4.79 Å². The lowest BCUT2D eigenvalue weighted by atomic mass is 9.83. The molecule has 2 aliphatic rings. The van der Waals surface area contributed by atoms with Crippen LogP contribution >= 0.6 is 0 Å². The molecule has 0 heterocycles. The smallest absolute Gasteiger partial charge is 0.153 e. The van der Waals surface area contributed by atoms with E-state index in [1.165, 1.54) is 19.3 Å². The molecule has 14 heavy (non-hydrogen) atoms. The minimum absolute atomic E-state index is 0.218. The first-order valence-electron chi connectivity index (χ1n) is 5.45. The molecule has 0 saturated heterocycles. The average Bonchev–Trinajstić information content (AvgIpc) is 2.77. The molecular formula is C12H17NO. The number of ketones is 1. The molecule has 4 atom stereocenters. The number of terminal acetylenes is 1. The van der Waals surface area contributed by atoms with Gasteiger partial charge in [-0.1, -0.05) is 6.42 Å². The second-order valence-electron chi connectivity index (χ2n) is 4.70. The van der Waals surface area contributed by atoms with Gasteiger partial charge in [0.2, 0.25) is 0 Å². The molecule has 2 fully saturated rings. The van der Waals surface area contributed by atoms with Gasteiger partial charge in [-0.3, -0.25) is 4.79 Å². The van der Waals surface area contributed by atoms with Crippen molar-refractivity contribution in [3.05, 3.63) is 0 Å². The largest absolute Gasteiger partial charge is 0.321 e. The van der Waals surface area contributed by atoms with Crippen LogP contribution in [0.1, 0.15) is 32.1 Å². The maximum atomic E-state index is 11.9. The lowest BCUT2D eigenvalue weighted by molar-refractivity contribution is -0.125. The van der Waals surface area contributed by atoms with Crippen molar-refractivity contribution in [2.75, 3.05) is 0 Å². The predicted molar refractivity (Wildman–Crippen MR) is 55.4 cm³/mol. The summed E-state index contributed by atoms with van der Waals surface area (Å²) < 4.78 is 0. The number of hydrogen-bond donors (Lipinski definition) is 1. The molecule has 2 bridgehead atoms. The summed E-state index contributed by atoms with van der Waals surface area (Å²) in [6.07, 6.45) is 10.4.